The Bertz CT molecular complexity index is 1350. The highest BCUT2D eigenvalue weighted by Gasteiger charge is 2.14. The first-order chi connectivity index (χ1) is 15.9. The number of anilines is 1. The van der Waals surface area contributed by atoms with E-state index >= 15 is 0 Å². The van der Waals surface area contributed by atoms with E-state index in [9.17, 15) is 4.79 Å². The van der Waals surface area contributed by atoms with E-state index in [0.717, 1.165) is 3.57 Å². The van der Waals surface area contributed by atoms with Crippen molar-refractivity contribution in [3.05, 3.63) is 68.8 Å². The van der Waals surface area contributed by atoms with Crippen LogP contribution in [-0.2, 0) is 0 Å². The summed E-state index contributed by atoms with van der Waals surface area (Å²) in [6.45, 7) is 0. The molecule has 168 valence electrons. The van der Waals surface area contributed by atoms with Crippen LogP contribution in [0.25, 0.3) is 22.6 Å². The molecule has 0 radical (unpaired) electrons. The Morgan fingerprint density at radius 2 is 1.79 bits per heavy atom. The highest BCUT2D eigenvalue weighted by molar-refractivity contribution is 14.1. The standard InChI is InChI=1S/C23H17ClIN3O4S/c1-30-15-7-12(8-16(11-15)31-2)21(29)28-23(33)26-14-4-6-20-19(10-14)27-22(32-20)17-9-13(25)3-5-18(17)24/h3-11H,1-2H3,(H2,26,28,29,33). The van der Waals surface area contributed by atoms with Crippen LogP contribution in [0.2, 0.25) is 5.02 Å². The molecule has 0 unspecified atom stereocenters. The maximum Gasteiger partial charge on any atom is 0.257 e. The molecule has 0 aliphatic rings. The average Bonchev–Trinajstić information content (AvgIpc) is 3.23. The molecule has 0 bridgehead atoms. The Kier molecular flexibility index (Phi) is 7.01. The van der Waals surface area contributed by atoms with Crippen molar-refractivity contribution >= 4 is 74.2 Å². The Labute approximate surface area is 213 Å². The second-order valence-electron chi connectivity index (χ2n) is 6.84. The number of benzene rings is 3. The number of carbonyl (C=O) groups excluding carboxylic acids is 1. The van der Waals surface area contributed by atoms with Crippen LogP contribution in [-0.4, -0.2) is 30.2 Å². The zero-order valence-corrected chi connectivity index (χ0v) is 21.2. The van der Waals surface area contributed by atoms with E-state index in [-0.39, 0.29) is 5.11 Å². The van der Waals surface area contributed by atoms with Crippen molar-refractivity contribution in [3.8, 4) is 23.0 Å². The number of nitrogens with zero attached hydrogens (tertiary/aromatic N) is 1. The second kappa shape index (κ2) is 9.94. The second-order valence-corrected chi connectivity index (χ2v) is 8.90. The number of hydrogen-bond acceptors (Lipinski definition) is 6. The maximum absolute atomic E-state index is 12.6. The van der Waals surface area contributed by atoms with Gasteiger partial charge in [0.25, 0.3) is 5.91 Å². The summed E-state index contributed by atoms with van der Waals surface area (Å²) in [4.78, 5) is 17.2. The summed E-state index contributed by atoms with van der Waals surface area (Å²) in [7, 11) is 3.03. The summed E-state index contributed by atoms with van der Waals surface area (Å²) in [6.07, 6.45) is 0. The molecule has 4 rings (SSSR count). The fourth-order valence-electron chi connectivity index (χ4n) is 3.06. The molecule has 0 saturated heterocycles. The molecule has 2 N–H and O–H groups in total. The van der Waals surface area contributed by atoms with E-state index in [1.165, 1.54) is 14.2 Å². The number of thiocarbonyl (C=S) groups is 1. The van der Waals surface area contributed by atoms with Crippen LogP contribution in [0.15, 0.2) is 59.0 Å². The molecule has 0 atom stereocenters. The summed E-state index contributed by atoms with van der Waals surface area (Å²) in [5, 5.41) is 6.32. The Morgan fingerprint density at radius 3 is 2.48 bits per heavy atom. The number of aromatic nitrogens is 1. The van der Waals surface area contributed by atoms with Crippen LogP contribution in [0.1, 0.15) is 10.4 Å². The minimum atomic E-state index is -0.400. The number of rotatable bonds is 5. The summed E-state index contributed by atoms with van der Waals surface area (Å²) in [5.74, 6) is 1.02. The monoisotopic (exact) mass is 593 g/mol. The third-order valence-electron chi connectivity index (χ3n) is 4.64. The molecular formula is C23H17ClIN3O4S. The lowest BCUT2D eigenvalue weighted by atomic mass is 10.2. The lowest BCUT2D eigenvalue weighted by Crippen LogP contribution is -2.34. The highest BCUT2D eigenvalue weighted by Crippen LogP contribution is 2.32. The van der Waals surface area contributed by atoms with Gasteiger partial charge in [-0.05, 0) is 83.3 Å². The number of hydrogen-bond donors (Lipinski definition) is 2. The summed E-state index contributed by atoms with van der Waals surface area (Å²) in [6, 6.07) is 15.8. The number of carbonyl (C=O) groups is 1. The number of amides is 1. The van der Waals surface area contributed by atoms with Crippen molar-refractivity contribution in [2.45, 2.75) is 0 Å². The summed E-state index contributed by atoms with van der Waals surface area (Å²) >= 11 is 13.8. The van der Waals surface area contributed by atoms with E-state index in [1.54, 1.807) is 42.5 Å². The van der Waals surface area contributed by atoms with Gasteiger partial charge in [-0.2, -0.15) is 0 Å². The molecular weight excluding hydrogens is 577 g/mol. The smallest absolute Gasteiger partial charge is 0.257 e. The number of oxazole rings is 1. The predicted octanol–water partition coefficient (Wildman–Crippen LogP) is 5.90. The molecule has 1 heterocycles. The van der Waals surface area contributed by atoms with Gasteiger partial charge in [0.2, 0.25) is 5.89 Å². The van der Waals surface area contributed by atoms with Crippen LogP contribution >= 0.6 is 46.4 Å². The van der Waals surface area contributed by atoms with Crippen LogP contribution in [0, 0.1) is 3.57 Å². The van der Waals surface area contributed by atoms with Gasteiger partial charge in [-0.1, -0.05) is 11.6 Å². The first kappa shape index (κ1) is 23.3. The zero-order chi connectivity index (χ0) is 23.5. The van der Waals surface area contributed by atoms with Gasteiger partial charge in [0.1, 0.15) is 17.0 Å². The normalized spacial score (nSPS) is 10.7. The molecule has 0 aliphatic carbocycles. The van der Waals surface area contributed by atoms with Crippen molar-refractivity contribution in [1.29, 1.82) is 0 Å². The molecule has 33 heavy (non-hydrogen) atoms. The number of ether oxygens (including phenoxy) is 2. The molecule has 0 saturated carbocycles. The summed E-state index contributed by atoms with van der Waals surface area (Å²) < 4.78 is 17.3. The molecule has 0 spiro atoms. The summed E-state index contributed by atoms with van der Waals surface area (Å²) in [5.41, 5.74) is 2.93. The van der Waals surface area contributed by atoms with E-state index < -0.39 is 5.91 Å². The topological polar surface area (TPSA) is 85.6 Å². The van der Waals surface area contributed by atoms with Gasteiger partial charge in [-0.15, -0.1) is 0 Å². The number of halogens is 2. The van der Waals surface area contributed by atoms with Crippen LogP contribution < -0.4 is 20.1 Å². The fourth-order valence-corrected chi connectivity index (χ4v) is 3.96. The number of fused-ring (bicyclic) bond motifs is 1. The third kappa shape index (κ3) is 5.37. The van der Waals surface area contributed by atoms with Gasteiger partial charge in [-0.25, -0.2) is 4.98 Å². The maximum atomic E-state index is 12.6. The molecule has 1 amide bonds. The van der Waals surface area contributed by atoms with Crippen LogP contribution in [0.5, 0.6) is 11.5 Å². The fraction of sp³-hybridized carbons (Fsp3) is 0.0870. The largest absolute Gasteiger partial charge is 0.497 e. The predicted molar refractivity (Wildman–Crippen MR) is 140 cm³/mol. The van der Waals surface area contributed by atoms with Crippen molar-refractivity contribution in [2.75, 3.05) is 19.5 Å². The zero-order valence-electron chi connectivity index (χ0n) is 17.4. The number of nitrogens with one attached hydrogen (secondary N) is 2. The average molecular weight is 594 g/mol. The van der Waals surface area contributed by atoms with E-state index in [1.807, 2.05) is 12.1 Å². The van der Waals surface area contributed by atoms with Gasteiger partial charge in [-0.3, -0.25) is 10.1 Å². The quantitative estimate of drug-likeness (QED) is 0.220. The molecule has 0 fully saturated rings. The lowest BCUT2D eigenvalue weighted by Gasteiger charge is -2.11. The van der Waals surface area contributed by atoms with Gasteiger partial charge in [0.05, 0.1) is 24.8 Å². The van der Waals surface area contributed by atoms with Crippen LogP contribution in [0.4, 0.5) is 5.69 Å². The van der Waals surface area contributed by atoms with Crippen molar-refractivity contribution in [1.82, 2.24) is 10.3 Å². The van der Waals surface area contributed by atoms with Gasteiger partial charge in [0.15, 0.2) is 10.7 Å². The lowest BCUT2D eigenvalue weighted by molar-refractivity contribution is 0.0977. The van der Waals surface area contributed by atoms with Crippen molar-refractivity contribution < 1.29 is 18.7 Å². The molecule has 0 aliphatic heterocycles. The first-order valence-electron chi connectivity index (χ1n) is 9.57. The minimum absolute atomic E-state index is 0.130. The first-order valence-corrected chi connectivity index (χ1v) is 11.4. The SMILES string of the molecule is COc1cc(OC)cc(C(=O)NC(=S)Nc2ccc3oc(-c4cc(I)ccc4Cl)nc3c2)c1. The Balaban J connectivity index is 1.50. The van der Waals surface area contributed by atoms with E-state index in [2.05, 4.69) is 38.2 Å². The van der Waals surface area contributed by atoms with Crippen molar-refractivity contribution in [3.63, 3.8) is 0 Å². The van der Waals surface area contributed by atoms with Gasteiger partial charge in [0, 0.05) is 20.9 Å². The van der Waals surface area contributed by atoms with Crippen LogP contribution in [0.3, 0.4) is 0 Å². The number of methoxy groups -OCH3 is 2. The van der Waals surface area contributed by atoms with Gasteiger partial charge < -0.3 is 19.2 Å². The molecule has 7 nitrogen and oxygen atoms in total. The van der Waals surface area contributed by atoms with E-state index in [0.29, 0.717) is 50.3 Å². The van der Waals surface area contributed by atoms with Gasteiger partial charge >= 0.3 is 0 Å². The Hall–Kier alpha value is -2.89. The highest BCUT2D eigenvalue weighted by atomic mass is 127. The molecule has 10 heteroatoms. The molecule has 1 aromatic heterocycles. The van der Waals surface area contributed by atoms with Crippen molar-refractivity contribution in [2.24, 2.45) is 0 Å². The Morgan fingerprint density at radius 1 is 1.06 bits per heavy atom. The molecule has 3 aromatic carbocycles. The third-order valence-corrected chi connectivity index (χ3v) is 5.85. The van der Waals surface area contributed by atoms with E-state index in [4.69, 9.17) is 37.7 Å². The molecule has 4 aromatic rings. The minimum Gasteiger partial charge on any atom is -0.497 e.